The molecule has 2 rings (SSSR count). The fourth-order valence-electron chi connectivity index (χ4n) is 1.73. The van der Waals surface area contributed by atoms with Crippen molar-refractivity contribution in [2.45, 2.75) is 13.3 Å². The van der Waals surface area contributed by atoms with Crippen LogP contribution < -0.4 is 14.2 Å². The summed E-state index contributed by atoms with van der Waals surface area (Å²) >= 11 is 3.41. The summed E-state index contributed by atoms with van der Waals surface area (Å²) in [7, 11) is 0. The second-order valence-corrected chi connectivity index (χ2v) is 5.39. The summed E-state index contributed by atoms with van der Waals surface area (Å²) in [6.45, 7) is 3.83. The smallest absolute Gasteiger partial charge is 0.122 e. The molecule has 0 atom stereocenters. The molecule has 0 bridgehead atoms. The molecule has 2 aromatic rings. The van der Waals surface area contributed by atoms with Gasteiger partial charge in [-0.15, -0.1) is 0 Å². The summed E-state index contributed by atoms with van der Waals surface area (Å²) < 4.78 is 17.8. The Morgan fingerprint density at radius 3 is 1.90 bits per heavy atom. The zero-order chi connectivity index (χ0) is 14.9. The lowest BCUT2D eigenvalue weighted by molar-refractivity contribution is 0.217. The lowest BCUT2D eigenvalue weighted by Gasteiger charge is -2.09. The highest BCUT2D eigenvalue weighted by Crippen LogP contribution is 2.19. The first-order chi connectivity index (χ1) is 10.3. The molecule has 0 saturated heterocycles. The van der Waals surface area contributed by atoms with E-state index < -0.39 is 0 Å². The van der Waals surface area contributed by atoms with E-state index >= 15 is 0 Å². The fraction of sp³-hybridized carbons (Fsp3) is 0.294. The van der Waals surface area contributed by atoms with Crippen LogP contribution in [0.3, 0.4) is 0 Å². The topological polar surface area (TPSA) is 27.7 Å². The zero-order valence-corrected chi connectivity index (χ0v) is 13.6. The number of rotatable bonds is 8. The Hall–Kier alpha value is -1.68. The highest BCUT2D eigenvalue weighted by atomic mass is 79.9. The van der Waals surface area contributed by atoms with E-state index in [0.29, 0.717) is 13.2 Å². The fourth-order valence-corrected chi connectivity index (χ4v) is 2.11. The van der Waals surface area contributed by atoms with E-state index in [-0.39, 0.29) is 0 Å². The van der Waals surface area contributed by atoms with Crippen molar-refractivity contribution in [2.24, 2.45) is 0 Å². The molecule has 0 saturated carbocycles. The van der Waals surface area contributed by atoms with Crippen molar-refractivity contribution in [3.8, 4) is 17.2 Å². The van der Waals surface area contributed by atoms with Crippen LogP contribution in [0.4, 0.5) is 0 Å². The van der Waals surface area contributed by atoms with Gasteiger partial charge < -0.3 is 14.2 Å². The summed E-state index contributed by atoms with van der Waals surface area (Å²) in [5, 5.41) is 0. The molecule has 2 aromatic carbocycles. The number of hydrogen-bond acceptors (Lipinski definition) is 3. The van der Waals surface area contributed by atoms with Crippen molar-refractivity contribution in [3.05, 3.63) is 53.0 Å². The Balaban J connectivity index is 1.71. The molecule has 0 aliphatic carbocycles. The third kappa shape index (κ3) is 5.68. The SMILES string of the molecule is CCCOc1ccc(OCCOc2cccc(Br)c2)cc1. The Morgan fingerprint density at radius 1 is 0.762 bits per heavy atom. The molecular formula is C17H19BrO3. The molecule has 0 aliphatic rings. The van der Waals surface area contributed by atoms with E-state index in [1.165, 1.54) is 0 Å². The Bertz CT molecular complexity index is 540. The average Bonchev–Trinajstić information content (AvgIpc) is 2.51. The molecule has 0 spiro atoms. The quantitative estimate of drug-likeness (QED) is 0.646. The second kappa shape index (κ2) is 8.57. The van der Waals surface area contributed by atoms with Gasteiger partial charge in [0.1, 0.15) is 30.5 Å². The molecule has 0 aromatic heterocycles. The zero-order valence-electron chi connectivity index (χ0n) is 12.0. The molecule has 0 fully saturated rings. The van der Waals surface area contributed by atoms with Gasteiger partial charge in [0, 0.05) is 4.47 Å². The van der Waals surface area contributed by atoms with Gasteiger partial charge >= 0.3 is 0 Å². The molecule has 112 valence electrons. The second-order valence-electron chi connectivity index (χ2n) is 4.47. The molecule has 4 heteroatoms. The first kappa shape index (κ1) is 15.7. The minimum atomic E-state index is 0.502. The van der Waals surface area contributed by atoms with Crippen LogP contribution in [0.1, 0.15) is 13.3 Å². The normalized spacial score (nSPS) is 10.2. The van der Waals surface area contributed by atoms with Crippen LogP contribution in [0.5, 0.6) is 17.2 Å². The van der Waals surface area contributed by atoms with Gasteiger partial charge in [0.15, 0.2) is 0 Å². The molecular weight excluding hydrogens is 332 g/mol. The van der Waals surface area contributed by atoms with E-state index in [4.69, 9.17) is 14.2 Å². The summed E-state index contributed by atoms with van der Waals surface area (Å²) in [6, 6.07) is 15.4. The van der Waals surface area contributed by atoms with Crippen molar-refractivity contribution in [2.75, 3.05) is 19.8 Å². The number of benzene rings is 2. The predicted molar refractivity (Wildman–Crippen MR) is 87.4 cm³/mol. The van der Waals surface area contributed by atoms with Crippen LogP contribution in [0, 0.1) is 0 Å². The van der Waals surface area contributed by atoms with Gasteiger partial charge in [-0.3, -0.25) is 0 Å². The van der Waals surface area contributed by atoms with E-state index in [1.807, 2.05) is 48.5 Å². The van der Waals surface area contributed by atoms with Gasteiger partial charge in [-0.2, -0.15) is 0 Å². The van der Waals surface area contributed by atoms with Crippen LogP contribution in [-0.2, 0) is 0 Å². The minimum Gasteiger partial charge on any atom is -0.494 e. The maximum Gasteiger partial charge on any atom is 0.122 e. The van der Waals surface area contributed by atoms with Gasteiger partial charge in [-0.05, 0) is 48.9 Å². The number of halogens is 1. The van der Waals surface area contributed by atoms with E-state index in [1.54, 1.807) is 0 Å². The highest BCUT2D eigenvalue weighted by Gasteiger charge is 1.98. The predicted octanol–water partition coefficient (Wildman–Crippen LogP) is 4.70. The molecule has 0 N–H and O–H groups in total. The molecule has 0 heterocycles. The minimum absolute atomic E-state index is 0.502. The lowest BCUT2D eigenvalue weighted by Crippen LogP contribution is -2.08. The molecule has 0 unspecified atom stereocenters. The van der Waals surface area contributed by atoms with Crippen LogP contribution in [0.15, 0.2) is 53.0 Å². The van der Waals surface area contributed by atoms with Crippen molar-refractivity contribution < 1.29 is 14.2 Å². The highest BCUT2D eigenvalue weighted by molar-refractivity contribution is 9.10. The lowest BCUT2D eigenvalue weighted by atomic mass is 10.3. The third-order valence-corrected chi connectivity index (χ3v) is 3.21. The molecule has 0 amide bonds. The summed E-state index contributed by atoms with van der Waals surface area (Å²) in [5.41, 5.74) is 0. The average molecular weight is 351 g/mol. The standard InChI is InChI=1S/C17H19BrO3/c1-2-10-19-15-6-8-16(9-7-15)20-11-12-21-17-5-3-4-14(18)13-17/h3-9,13H,2,10-12H2,1H3. The monoisotopic (exact) mass is 350 g/mol. The van der Waals surface area contributed by atoms with Crippen LogP contribution in [0.2, 0.25) is 0 Å². The summed E-state index contributed by atoms with van der Waals surface area (Å²) in [6.07, 6.45) is 1.01. The molecule has 0 radical (unpaired) electrons. The van der Waals surface area contributed by atoms with Crippen LogP contribution in [-0.4, -0.2) is 19.8 Å². The number of hydrogen-bond donors (Lipinski definition) is 0. The van der Waals surface area contributed by atoms with E-state index in [0.717, 1.165) is 34.7 Å². The van der Waals surface area contributed by atoms with Gasteiger partial charge in [0.25, 0.3) is 0 Å². The Labute approximate surface area is 134 Å². The Morgan fingerprint density at radius 2 is 1.33 bits per heavy atom. The van der Waals surface area contributed by atoms with E-state index in [2.05, 4.69) is 22.9 Å². The maximum atomic E-state index is 5.63. The third-order valence-electron chi connectivity index (χ3n) is 2.71. The van der Waals surface area contributed by atoms with Crippen molar-refractivity contribution in [3.63, 3.8) is 0 Å². The summed E-state index contributed by atoms with van der Waals surface area (Å²) in [4.78, 5) is 0. The van der Waals surface area contributed by atoms with Crippen LogP contribution in [0.25, 0.3) is 0 Å². The van der Waals surface area contributed by atoms with Crippen molar-refractivity contribution in [1.29, 1.82) is 0 Å². The maximum absolute atomic E-state index is 5.63. The first-order valence-corrected chi connectivity index (χ1v) is 7.81. The Kier molecular flexibility index (Phi) is 6.41. The van der Waals surface area contributed by atoms with Gasteiger partial charge in [-0.1, -0.05) is 28.9 Å². The van der Waals surface area contributed by atoms with Crippen LogP contribution >= 0.6 is 15.9 Å². The molecule has 3 nitrogen and oxygen atoms in total. The largest absolute Gasteiger partial charge is 0.494 e. The van der Waals surface area contributed by atoms with Gasteiger partial charge in [0.2, 0.25) is 0 Å². The molecule has 0 aliphatic heterocycles. The summed E-state index contributed by atoms with van der Waals surface area (Å²) in [5.74, 6) is 2.52. The van der Waals surface area contributed by atoms with Crippen molar-refractivity contribution >= 4 is 15.9 Å². The van der Waals surface area contributed by atoms with Gasteiger partial charge in [-0.25, -0.2) is 0 Å². The number of ether oxygens (including phenoxy) is 3. The van der Waals surface area contributed by atoms with Gasteiger partial charge in [0.05, 0.1) is 6.61 Å². The first-order valence-electron chi connectivity index (χ1n) is 7.02. The molecule has 21 heavy (non-hydrogen) atoms. The van der Waals surface area contributed by atoms with Crippen molar-refractivity contribution in [1.82, 2.24) is 0 Å². The van der Waals surface area contributed by atoms with E-state index in [9.17, 15) is 0 Å².